The number of Topliss-reactive ketones (excluding diaryl/α,β-unsaturated/α-hetero) is 2. The minimum absolute atomic E-state index is 0.0726. The zero-order chi connectivity index (χ0) is 24.2. The highest BCUT2D eigenvalue weighted by Gasteiger charge is 2.62. The molecule has 2 unspecified atom stereocenters. The molecule has 3 rings (SSSR count). The van der Waals surface area contributed by atoms with Crippen LogP contribution in [-0.4, -0.2) is 52.5 Å². The van der Waals surface area contributed by atoms with Crippen molar-refractivity contribution in [3.8, 4) is 0 Å². The van der Waals surface area contributed by atoms with Gasteiger partial charge < -0.3 is 19.7 Å². The number of carbonyl (C=O) groups excluding carboxylic acids is 4. The third kappa shape index (κ3) is 3.68. The zero-order valence-electron chi connectivity index (χ0n) is 19.5. The molecule has 0 radical (unpaired) electrons. The molecule has 0 spiro atoms. The van der Waals surface area contributed by atoms with E-state index in [-0.39, 0.29) is 23.3 Å². The molecule has 8 nitrogen and oxygen atoms in total. The van der Waals surface area contributed by atoms with E-state index in [1.807, 2.05) is 20.8 Å². The molecule has 3 aliphatic rings. The molecule has 0 amide bonds. The molecule has 8 heteroatoms. The van der Waals surface area contributed by atoms with Crippen LogP contribution in [0.25, 0.3) is 0 Å². The minimum Gasteiger partial charge on any atom is -0.504 e. The Morgan fingerprint density at radius 1 is 1.09 bits per heavy atom. The third-order valence-electron chi connectivity index (χ3n) is 7.33. The van der Waals surface area contributed by atoms with Crippen LogP contribution in [0.5, 0.6) is 0 Å². The topological polar surface area (TPSA) is 127 Å². The Kier molecular flexibility index (Phi) is 6.15. The van der Waals surface area contributed by atoms with Gasteiger partial charge in [-0.15, -0.1) is 0 Å². The zero-order valence-corrected chi connectivity index (χ0v) is 19.5. The number of rotatable bonds is 4. The van der Waals surface area contributed by atoms with Crippen molar-refractivity contribution in [1.82, 2.24) is 0 Å². The van der Waals surface area contributed by atoms with Gasteiger partial charge in [-0.05, 0) is 18.3 Å². The summed E-state index contributed by atoms with van der Waals surface area (Å²) in [6.45, 7) is 9.57. The van der Waals surface area contributed by atoms with Crippen LogP contribution in [0.1, 0.15) is 60.8 Å². The van der Waals surface area contributed by atoms with E-state index in [0.29, 0.717) is 6.42 Å². The second kappa shape index (κ2) is 8.14. The van der Waals surface area contributed by atoms with Crippen LogP contribution in [0.3, 0.4) is 0 Å². The number of ether oxygens (including phenoxy) is 2. The van der Waals surface area contributed by atoms with Crippen LogP contribution < -0.4 is 0 Å². The van der Waals surface area contributed by atoms with Crippen molar-refractivity contribution in [2.75, 3.05) is 6.61 Å². The van der Waals surface area contributed by atoms with E-state index in [0.717, 1.165) is 12.8 Å². The first-order valence-corrected chi connectivity index (χ1v) is 11.0. The summed E-state index contributed by atoms with van der Waals surface area (Å²) in [4.78, 5) is 50.3. The van der Waals surface area contributed by atoms with E-state index in [1.165, 1.54) is 13.8 Å². The Morgan fingerprint density at radius 2 is 1.72 bits per heavy atom. The van der Waals surface area contributed by atoms with Gasteiger partial charge in [0.15, 0.2) is 17.6 Å². The molecule has 0 bridgehead atoms. The Bertz CT molecular complexity index is 940. The average molecular weight is 449 g/mol. The monoisotopic (exact) mass is 448 g/mol. The molecule has 0 heterocycles. The second-order valence-corrected chi connectivity index (χ2v) is 10.2. The molecule has 5 atom stereocenters. The van der Waals surface area contributed by atoms with Gasteiger partial charge in [0.25, 0.3) is 0 Å². The number of allylic oxidation sites excluding steroid dienone is 1. The van der Waals surface area contributed by atoms with Crippen molar-refractivity contribution < 1.29 is 38.9 Å². The Morgan fingerprint density at radius 3 is 2.28 bits per heavy atom. The van der Waals surface area contributed by atoms with Crippen molar-refractivity contribution in [3.05, 3.63) is 22.5 Å². The summed E-state index contributed by atoms with van der Waals surface area (Å²) >= 11 is 0. The summed E-state index contributed by atoms with van der Waals surface area (Å²) in [6.07, 6.45) is -0.384. The van der Waals surface area contributed by atoms with Crippen molar-refractivity contribution in [3.63, 3.8) is 0 Å². The molecule has 3 aliphatic carbocycles. The average Bonchev–Trinajstić information content (AvgIpc) is 2.65. The molecule has 0 aromatic carbocycles. The van der Waals surface area contributed by atoms with Gasteiger partial charge in [0.2, 0.25) is 5.78 Å². The molecule has 176 valence electrons. The molecule has 0 aliphatic heterocycles. The van der Waals surface area contributed by atoms with Gasteiger partial charge in [-0.2, -0.15) is 0 Å². The smallest absolute Gasteiger partial charge is 0.303 e. The van der Waals surface area contributed by atoms with E-state index in [4.69, 9.17) is 9.47 Å². The molecule has 0 saturated heterocycles. The van der Waals surface area contributed by atoms with Gasteiger partial charge in [0, 0.05) is 36.7 Å². The highest BCUT2D eigenvalue weighted by molar-refractivity contribution is 6.25. The maximum atomic E-state index is 13.6. The molecule has 1 saturated carbocycles. The van der Waals surface area contributed by atoms with Gasteiger partial charge >= 0.3 is 11.9 Å². The first-order chi connectivity index (χ1) is 14.7. The highest BCUT2D eigenvalue weighted by atomic mass is 16.6. The SMILES string of the molecule is CC(=O)OCC(C)C1=C(O)C(=O)C2=C(C1=O)[C@H](OC(C)=O)[C@@H](O)C1C(C)(C)CCC[C@]21C. The standard InChI is InChI=1S/C24H32O8/c1-11(10-31-12(2)25)14-17(27)15-16(19(29)18(14)28)24(6)9-7-8-23(4,5)22(24)20(30)21(15)32-13(3)26/h11,20-22,28,30H,7-10H2,1-6H3/t11?,20-,21+,22?,24-/m1/s1. The number of hydrogen-bond donors (Lipinski definition) is 2. The predicted molar refractivity (Wildman–Crippen MR) is 113 cm³/mol. The first-order valence-electron chi connectivity index (χ1n) is 11.0. The number of ketones is 2. The molecular formula is C24H32O8. The number of hydrogen-bond acceptors (Lipinski definition) is 8. The summed E-state index contributed by atoms with van der Waals surface area (Å²) in [7, 11) is 0. The van der Waals surface area contributed by atoms with Gasteiger partial charge in [-0.3, -0.25) is 19.2 Å². The maximum absolute atomic E-state index is 13.6. The molecular weight excluding hydrogens is 416 g/mol. The lowest BCUT2D eigenvalue weighted by Gasteiger charge is -2.58. The quantitative estimate of drug-likeness (QED) is 0.496. The first kappa shape index (κ1) is 24.2. The fraction of sp³-hybridized carbons (Fsp3) is 0.667. The van der Waals surface area contributed by atoms with Crippen LogP contribution in [-0.2, 0) is 28.7 Å². The lowest BCUT2D eigenvalue weighted by molar-refractivity contribution is -0.166. The van der Waals surface area contributed by atoms with Crippen LogP contribution in [0.2, 0.25) is 0 Å². The summed E-state index contributed by atoms with van der Waals surface area (Å²) in [5.41, 5.74) is -1.42. The number of aliphatic hydroxyl groups is 2. The van der Waals surface area contributed by atoms with Crippen LogP contribution in [0.15, 0.2) is 22.5 Å². The minimum atomic E-state index is -1.32. The van der Waals surface area contributed by atoms with E-state index in [1.54, 1.807) is 6.92 Å². The summed E-state index contributed by atoms with van der Waals surface area (Å²) in [5, 5.41) is 22.2. The molecule has 1 fully saturated rings. The van der Waals surface area contributed by atoms with Gasteiger partial charge in [0.05, 0.1) is 23.9 Å². The van der Waals surface area contributed by atoms with Gasteiger partial charge in [-0.25, -0.2) is 0 Å². The predicted octanol–water partition coefficient (Wildman–Crippen LogP) is 2.58. The van der Waals surface area contributed by atoms with Crippen molar-refractivity contribution >= 4 is 23.5 Å². The van der Waals surface area contributed by atoms with Crippen LogP contribution in [0.4, 0.5) is 0 Å². The fourth-order valence-corrected chi connectivity index (χ4v) is 6.21. The lowest BCUT2D eigenvalue weighted by atomic mass is 9.47. The van der Waals surface area contributed by atoms with Crippen molar-refractivity contribution in [2.45, 2.75) is 73.0 Å². The van der Waals surface area contributed by atoms with Gasteiger partial charge in [-0.1, -0.05) is 34.1 Å². The second-order valence-electron chi connectivity index (χ2n) is 10.2. The number of fused-ring (bicyclic) bond motifs is 2. The van der Waals surface area contributed by atoms with E-state index < -0.39 is 64.1 Å². The van der Waals surface area contributed by atoms with Crippen molar-refractivity contribution in [2.24, 2.45) is 22.7 Å². The summed E-state index contributed by atoms with van der Waals surface area (Å²) in [5.74, 6) is -4.51. The third-order valence-corrected chi connectivity index (χ3v) is 7.33. The normalized spacial score (nSPS) is 32.8. The van der Waals surface area contributed by atoms with E-state index >= 15 is 0 Å². The van der Waals surface area contributed by atoms with E-state index in [9.17, 15) is 29.4 Å². The van der Waals surface area contributed by atoms with Crippen LogP contribution in [0, 0.1) is 22.7 Å². The molecule has 0 aromatic rings. The number of carbonyl (C=O) groups is 4. The Balaban J connectivity index is 2.20. The molecule has 2 N–H and O–H groups in total. The largest absolute Gasteiger partial charge is 0.504 e. The Labute approximate surface area is 187 Å². The number of esters is 2. The molecule has 0 aromatic heterocycles. The fourth-order valence-electron chi connectivity index (χ4n) is 6.21. The van der Waals surface area contributed by atoms with Crippen molar-refractivity contribution in [1.29, 1.82) is 0 Å². The number of aliphatic hydroxyl groups excluding tert-OH is 2. The van der Waals surface area contributed by atoms with Gasteiger partial charge in [0.1, 0.15) is 0 Å². The summed E-state index contributed by atoms with van der Waals surface area (Å²) < 4.78 is 10.4. The van der Waals surface area contributed by atoms with E-state index in [2.05, 4.69) is 0 Å². The van der Waals surface area contributed by atoms with Crippen LogP contribution >= 0.6 is 0 Å². The lowest BCUT2D eigenvalue weighted by Crippen LogP contribution is -2.60. The molecule has 32 heavy (non-hydrogen) atoms. The highest BCUT2D eigenvalue weighted by Crippen LogP contribution is 2.61. The maximum Gasteiger partial charge on any atom is 0.303 e. The summed E-state index contributed by atoms with van der Waals surface area (Å²) in [6, 6.07) is 0. The Hall–Kier alpha value is -2.48.